The number of benzene rings is 15. The summed E-state index contributed by atoms with van der Waals surface area (Å²) in [6, 6.07) is 104. The Morgan fingerprint density at radius 2 is 0.326 bits per heavy atom. The van der Waals surface area contributed by atoms with E-state index in [0.29, 0.717) is 0 Å². The summed E-state index contributed by atoms with van der Waals surface area (Å²) in [6.45, 7) is 60.0. The molecule has 135 heavy (non-hydrogen) atoms. The lowest BCUT2D eigenvalue weighted by Gasteiger charge is -2.40. The minimum Gasteiger partial charge on any atom is -0.309 e. The zero-order chi connectivity index (χ0) is 98.0. The molecule has 6 aliphatic carbocycles. The van der Waals surface area contributed by atoms with E-state index in [2.05, 4.69) is 288 Å². The molecular formula is C132H159N3. The van der Waals surface area contributed by atoms with Gasteiger partial charge in [0, 0.05) is 55.6 Å². The van der Waals surface area contributed by atoms with Crippen LogP contribution in [0.3, 0.4) is 0 Å². The van der Waals surface area contributed by atoms with Crippen molar-refractivity contribution in [2.24, 2.45) is 0 Å². The Morgan fingerprint density at radius 3 is 0.659 bits per heavy atom. The van der Waals surface area contributed by atoms with E-state index in [1.54, 1.807) is 11.1 Å². The number of anilines is 9. The van der Waals surface area contributed by atoms with Crippen LogP contribution in [0.1, 0.15) is 341 Å². The van der Waals surface area contributed by atoms with Crippen LogP contribution >= 0.6 is 0 Å². The predicted octanol–water partition coefficient (Wildman–Crippen LogP) is 39.7. The number of nitrogens with zero attached hydrogens (tertiary/aromatic N) is 3. The first kappa shape index (κ1) is 105. The molecule has 3 heteroatoms. The molecule has 15 aromatic rings. The average Bonchev–Trinajstić information content (AvgIpc) is 1.69. The monoisotopic (exact) mass is 1790 g/mol. The third kappa shape index (κ3) is 19.0. The fourth-order valence-electron chi connectivity index (χ4n) is 21.7. The van der Waals surface area contributed by atoms with Gasteiger partial charge in [-0.25, -0.2) is 0 Å². The summed E-state index contributed by atoms with van der Waals surface area (Å²) in [5, 5.41) is 0. The van der Waals surface area contributed by atoms with E-state index in [1.807, 2.05) is 208 Å². The molecule has 702 valence electrons. The Balaban J connectivity index is 0.000000184. The Kier molecular flexibility index (Phi) is 38.6. The zero-order valence-electron chi connectivity index (χ0n) is 88.3. The molecule has 0 atom stereocenters. The molecule has 15 aromatic carbocycles. The molecule has 6 heterocycles. The van der Waals surface area contributed by atoms with Gasteiger partial charge in [-0.15, -0.1) is 0 Å². The van der Waals surface area contributed by atoms with Crippen molar-refractivity contribution >= 4 is 51.2 Å². The van der Waals surface area contributed by atoms with E-state index in [-0.39, 0.29) is 0 Å². The van der Waals surface area contributed by atoms with E-state index in [9.17, 15) is 0 Å². The lowest BCUT2D eigenvalue weighted by atomic mass is 9.81. The molecular weight excluding hydrogens is 1630 g/mol. The normalized spacial score (nSPS) is 12.3. The summed E-state index contributed by atoms with van der Waals surface area (Å²) in [5.41, 5.74) is 65.3. The maximum Gasteiger partial charge on any atom is 0.0539 e. The van der Waals surface area contributed by atoms with Crippen LogP contribution in [0.5, 0.6) is 0 Å². The van der Waals surface area contributed by atoms with Crippen molar-refractivity contribution in [2.75, 3.05) is 14.7 Å². The van der Waals surface area contributed by atoms with Crippen LogP contribution in [0.15, 0.2) is 273 Å². The molecule has 0 aromatic heterocycles. The van der Waals surface area contributed by atoms with Crippen LogP contribution in [-0.2, 0) is 77.0 Å². The van der Waals surface area contributed by atoms with Crippen LogP contribution in [0.25, 0.3) is 66.8 Å². The maximum atomic E-state index is 2.61. The smallest absolute Gasteiger partial charge is 0.0539 e. The Bertz CT molecular complexity index is 6480. The minimum atomic E-state index is 1.00. The standard InChI is InChI=1S/3C34H23N.15C2H6/c1-4-10-26-20(7-1)13-23-19-33-24(16-28(23)26)17-31-30-15-21-8-2-5-11-27(21)29(30)18-25-14-22-9-3-6-12-32(22)35(33)34(25)31;1-4-10-27-20(7-1)13-23-19-32-24(18-29(23)27)15-26-16-25-14-21-8-2-5-11-28(21)33(25)30-17-22-9-3-6-12-31(22)35(32)34(26)30;1-4-10-27-20(7-1)13-23-19-32-24(17-29(23)27)18-30-33-25(14-21-8-2-5-11-28(21)33)16-26-15-22-9-3-6-12-31(22)35(32)34(26)30;15*1-2/h2*1-12,16,18-19H,13-15,17H2;1-12,16-17,19H,13-15,18H2;15*1-2H3. The number of hydrogen-bond acceptors (Lipinski definition) is 3. The molecule has 0 saturated heterocycles. The molecule has 0 fully saturated rings. The van der Waals surface area contributed by atoms with Gasteiger partial charge in [-0.2, -0.15) is 0 Å². The Labute approximate surface area is 818 Å². The highest BCUT2D eigenvalue weighted by Crippen LogP contribution is 2.61. The van der Waals surface area contributed by atoms with E-state index in [4.69, 9.17) is 0 Å². The molecule has 0 unspecified atom stereocenters. The number of para-hydroxylation sites is 3. The van der Waals surface area contributed by atoms with Gasteiger partial charge in [-0.05, 0) is 299 Å². The summed E-state index contributed by atoms with van der Waals surface area (Å²) >= 11 is 0. The van der Waals surface area contributed by atoms with Gasteiger partial charge in [0.15, 0.2) is 0 Å². The fraction of sp³-hybridized carbons (Fsp3) is 0.318. The van der Waals surface area contributed by atoms with Gasteiger partial charge < -0.3 is 14.7 Å². The molecule has 27 rings (SSSR count). The van der Waals surface area contributed by atoms with Gasteiger partial charge in [0.2, 0.25) is 0 Å². The summed E-state index contributed by atoms with van der Waals surface area (Å²) in [4.78, 5) is 7.81. The molecule has 0 bridgehead atoms. The van der Waals surface area contributed by atoms with Crippen LogP contribution in [0.2, 0.25) is 0 Å². The number of hydrogen-bond donors (Lipinski definition) is 0. The summed E-state index contributed by atoms with van der Waals surface area (Å²) < 4.78 is 0. The van der Waals surface area contributed by atoms with Crippen molar-refractivity contribution in [1.82, 2.24) is 0 Å². The summed E-state index contributed by atoms with van der Waals surface area (Å²) in [6.07, 6.45) is 12.3. The third-order valence-corrected chi connectivity index (χ3v) is 26.0. The van der Waals surface area contributed by atoms with Gasteiger partial charge in [-0.3, -0.25) is 0 Å². The number of fused-ring (bicyclic) bond motifs is 33. The zero-order valence-corrected chi connectivity index (χ0v) is 88.3. The van der Waals surface area contributed by atoms with E-state index < -0.39 is 0 Å². The van der Waals surface area contributed by atoms with Crippen molar-refractivity contribution in [3.63, 3.8) is 0 Å². The average molecular weight is 1790 g/mol. The van der Waals surface area contributed by atoms with Gasteiger partial charge in [-0.1, -0.05) is 420 Å². The first-order chi connectivity index (χ1) is 67.0. The highest BCUT2D eigenvalue weighted by Gasteiger charge is 2.42. The first-order valence-corrected chi connectivity index (χ1v) is 53.1. The highest BCUT2D eigenvalue weighted by atomic mass is 15.2. The lowest BCUT2D eigenvalue weighted by Crippen LogP contribution is -2.25. The topological polar surface area (TPSA) is 9.72 Å². The summed E-state index contributed by atoms with van der Waals surface area (Å²) in [5.74, 6) is 0. The molecule has 6 aliphatic heterocycles. The SMILES string of the molecule is CC.CC.CC.CC.CC.CC.CC.CC.CC.CC.CC.CC.CC.CC.CC.c1ccc2c(c1)Cc1cc3c(cc1-2)Cc1c2c(cc4c1N3c1ccccc1C4)-c1ccccc1C2.c1ccc2c(c1)Cc1cc3c(cc1-2)Cc1c2c(cc4c1N3c1ccccc1C4)Cc1ccccc1-2.c1ccc2c(c1)Cc1cc3c(cc1-2)Cc1cc2c(c4c1N3c1ccccc1C4)-c1ccccc1C2. The molecule has 0 amide bonds. The quantitative estimate of drug-likeness (QED) is 0.150. The second-order valence-electron chi connectivity index (χ2n) is 31.6. The molecule has 0 saturated carbocycles. The van der Waals surface area contributed by atoms with Crippen molar-refractivity contribution < 1.29 is 0 Å². The van der Waals surface area contributed by atoms with E-state index in [1.165, 1.54) is 240 Å². The molecule has 0 radical (unpaired) electrons. The van der Waals surface area contributed by atoms with Gasteiger partial charge in [0.1, 0.15) is 0 Å². The minimum absolute atomic E-state index is 1.00. The highest BCUT2D eigenvalue weighted by molar-refractivity contribution is 6.01. The Hall–Kier alpha value is -12.3. The maximum absolute atomic E-state index is 2.61. The van der Waals surface area contributed by atoms with Crippen LogP contribution in [0, 0.1) is 0 Å². The van der Waals surface area contributed by atoms with Crippen LogP contribution in [-0.4, -0.2) is 0 Å². The van der Waals surface area contributed by atoms with E-state index >= 15 is 0 Å². The molecule has 12 aliphatic rings. The van der Waals surface area contributed by atoms with Crippen LogP contribution < -0.4 is 14.7 Å². The molecule has 0 spiro atoms. The number of rotatable bonds is 0. The van der Waals surface area contributed by atoms with Crippen molar-refractivity contribution in [1.29, 1.82) is 0 Å². The van der Waals surface area contributed by atoms with Gasteiger partial charge in [0.25, 0.3) is 0 Å². The first-order valence-electron chi connectivity index (χ1n) is 53.1. The second kappa shape index (κ2) is 49.8. The van der Waals surface area contributed by atoms with Gasteiger partial charge in [0.05, 0.1) is 34.1 Å². The van der Waals surface area contributed by atoms with Crippen molar-refractivity contribution in [3.05, 3.63) is 407 Å². The summed E-state index contributed by atoms with van der Waals surface area (Å²) in [7, 11) is 0. The fourth-order valence-corrected chi connectivity index (χ4v) is 21.7. The molecule has 3 nitrogen and oxygen atoms in total. The van der Waals surface area contributed by atoms with Gasteiger partial charge >= 0.3 is 0 Å². The largest absolute Gasteiger partial charge is 0.309 e. The van der Waals surface area contributed by atoms with E-state index in [0.717, 1.165) is 77.0 Å². The van der Waals surface area contributed by atoms with Crippen molar-refractivity contribution in [3.8, 4) is 66.8 Å². The Morgan fingerprint density at radius 1 is 0.126 bits per heavy atom. The molecule has 0 N–H and O–H groups in total. The van der Waals surface area contributed by atoms with Crippen molar-refractivity contribution in [2.45, 2.75) is 285 Å². The lowest BCUT2D eigenvalue weighted by molar-refractivity contribution is 0.992. The van der Waals surface area contributed by atoms with Crippen LogP contribution in [0.4, 0.5) is 51.2 Å². The second-order valence-corrected chi connectivity index (χ2v) is 31.6. The third-order valence-electron chi connectivity index (χ3n) is 26.0. The predicted molar refractivity (Wildman–Crippen MR) is 600 cm³/mol.